The third-order valence-electron chi connectivity index (χ3n) is 3.73. The number of nitrogens with zero attached hydrogens (tertiary/aromatic N) is 3. The van der Waals surface area contributed by atoms with Gasteiger partial charge < -0.3 is 0 Å². The smallest absolute Gasteiger partial charge is 0.246 e. The predicted octanol–water partition coefficient (Wildman–Crippen LogP) is 2.27. The summed E-state index contributed by atoms with van der Waals surface area (Å²) in [7, 11) is 0. The molecule has 1 aromatic heterocycles. The maximum atomic E-state index is 12.6. The van der Waals surface area contributed by atoms with E-state index in [0.717, 1.165) is 21.4 Å². The van der Waals surface area contributed by atoms with Crippen LogP contribution in [-0.2, 0) is 12.7 Å². The lowest BCUT2D eigenvalue weighted by molar-refractivity contribution is -0.137. The number of aromatic amines is 1. The number of nitrogens with one attached hydrogen (secondary N) is 1. The fourth-order valence-corrected chi connectivity index (χ4v) is 2.42. The molecule has 2 aromatic carbocycles. The highest BCUT2D eigenvalue weighted by atomic mass is 19.4. The van der Waals surface area contributed by atoms with Crippen LogP contribution in [0.25, 0.3) is 5.69 Å². The van der Waals surface area contributed by atoms with Crippen molar-refractivity contribution in [1.82, 2.24) is 14.3 Å². The third kappa shape index (κ3) is 3.30. The van der Waals surface area contributed by atoms with Crippen LogP contribution < -0.4 is 11.4 Å². The topological polar surface area (TPSA) is 83.6 Å². The van der Waals surface area contributed by atoms with Crippen molar-refractivity contribution < 1.29 is 13.2 Å². The van der Waals surface area contributed by atoms with Crippen molar-refractivity contribution in [2.75, 3.05) is 0 Å². The molecule has 0 atom stereocenters. The molecule has 6 nitrogen and oxygen atoms in total. The number of alkyl halides is 3. The average molecular weight is 360 g/mol. The molecular formula is C17H11F3N4O2. The molecule has 0 saturated carbocycles. The number of rotatable bonds is 3. The Morgan fingerprint density at radius 3 is 2.38 bits per heavy atom. The van der Waals surface area contributed by atoms with E-state index in [1.54, 1.807) is 18.2 Å². The number of H-pyrrole nitrogens is 1. The molecule has 0 aliphatic heterocycles. The number of benzene rings is 2. The Morgan fingerprint density at radius 1 is 1.08 bits per heavy atom. The van der Waals surface area contributed by atoms with Gasteiger partial charge in [0.05, 0.1) is 29.4 Å². The molecule has 3 rings (SSSR count). The molecule has 0 spiro atoms. The summed E-state index contributed by atoms with van der Waals surface area (Å²) in [6, 6.07) is 12.2. The summed E-state index contributed by atoms with van der Waals surface area (Å²) in [5.41, 5.74) is -1.23. The summed E-state index contributed by atoms with van der Waals surface area (Å²) in [4.78, 5) is 24.5. The Bertz CT molecular complexity index is 1100. The Labute approximate surface area is 144 Å². The van der Waals surface area contributed by atoms with Crippen molar-refractivity contribution in [2.45, 2.75) is 12.7 Å². The highest BCUT2D eigenvalue weighted by Crippen LogP contribution is 2.29. The minimum absolute atomic E-state index is 0.183. The SMILES string of the molecule is N#Cc1cccc(-n2[nH]c(=O)n(Cc3ccc(C(F)(F)F)cc3)c2=O)c1. The third-order valence-corrected chi connectivity index (χ3v) is 3.73. The van der Waals surface area contributed by atoms with Gasteiger partial charge in [0.15, 0.2) is 0 Å². The van der Waals surface area contributed by atoms with E-state index in [1.165, 1.54) is 18.2 Å². The lowest BCUT2D eigenvalue weighted by Crippen LogP contribution is -2.29. The molecule has 0 aliphatic rings. The first-order chi connectivity index (χ1) is 12.3. The van der Waals surface area contributed by atoms with Gasteiger partial charge in [-0.1, -0.05) is 18.2 Å². The molecule has 0 fully saturated rings. The summed E-state index contributed by atoms with van der Waals surface area (Å²) < 4.78 is 39.6. The van der Waals surface area contributed by atoms with Crippen LogP contribution in [-0.4, -0.2) is 14.3 Å². The molecule has 132 valence electrons. The summed E-state index contributed by atoms with van der Waals surface area (Å²) >= 11 is 0. The Morgan fingerprint density at radius 2 is 1.77 bits per heavy atom. The van der Waals surface area contributed by atoms with Gasteiger partial charge in [0.25, 0.3) is 0 Å². The van der Waals surface area contributed by atoms with Crippen LogP contribution in [0.1, 0.15) is 16.7 Å². The summed E-state index contributed by atoms with van der Waals surface area (Å²) in [6.45, 7) is -0.183. The van der Waals surface area contributed by atoms with E-state index < -0.39 is 23.1 Å². The quantitative estimate of drug-likeness (QED) is 0.778. The second-order valence-electron chi connectivity index (χ2n) is 5.48. The number of hydrogen-bond donors (Lipinski definition) is 1. The molecule has 0 unspecified atom stereocenters. The second-order valence-corrected chi connectivity index (χ2v) is 5.48. The van der Waals surface area contributed by atoms with Gasteiger partial charge in [0, 0.05) is 0 Å². The van der Waals surface area contributed by atoms with E-state index in [4.69, 9.17) is 5.26 Å². The highest BCUT2D eigenvalue weighted by Gasteiger charge is 2.29. The van der Waals surface area contributed by atoms with Crippen molar-refractivity contribution in [1.29, 1.82) is 5.26 Å². The van der Waals surface area contributed by atoms with Crippen molar-refractivity contribution in [2.24, 2.45) is 0 Å². The first-order valence-electron chi connectivity index (χ1n) is 7.38. The van der Waals surface area contributed by atoms with Crippen molar-refractivity contribution in [3.8, 4) is 11.8 Å². The van der Waals surface area contributed by atoms with Gasteiger partial charge >= 0.3 is 17.6 Å². The molecule has 0 radical (unpaired) electrons. The van der Waals surface area contributed by atoms with Crippen LogP contribution >= 0.6 is 0 Å². The molecule has 0 bridgehead atoms. The molecule has 3 aromatic rings. The fraction of sp³-hybridized carbons (Fsp3) is 0.118. The van der Waals surface area contributed by atoms with E-state index in [-0.39, 0.29) is 6.54 Å². The van der Waals surface area contributed by atoms with Gasteiger partial charge in [0.1, 0.15) is 0 Å². The van der Waals surface area contributed by atoms with Gasteiger partial charge in [-0.2, -0.15) is 18.4 Å². The minimum atomic E-state index is -4.46. The zero-order valence-electron chi connectivity index (χ0n) is 13.1. The standard InChI is InChI=1S/C17H11F3N4O2/c18-17(19,20)13-6-4-11(5-7-13)10-23-15(25)22-24(16(23)26)14-3-1-2-12(8-14)9-21/h1-8H,10H2,(H,22,25). The highest BCUT2D eigenvalue weighted by molar-refractivity contribution is 5.40. The van der Waals surface area contributed by atoms with Crippen LogP contribution in [0.15, 0.2) is 58.1 Å². The van der Waals surface area contributed by atoms with Crippen LogP contribution in [0.4, 0.5) is 13.2 Å². The first-order valence-corrected chi connectivity index (χ1v) is 7.38. The molecular weight excluding hydrogens is 349 g/mol. The number of hydrogen-bond acceptors (Lipinski definition) is 3. The van der Waals surface area contributed by atoms with E-state index in [2.05, 4.69) is 5.10 Å². The largest absolute Gasteiger partial charge is 0.416 e. The molecule has 9 heteroatoms. The van der Waals surface area contributed by atoms with Gasteiger partial charge in [0.2, 0.25) is 0 Å². The van der Waals surface area contributed by atoms with Crippen LogP contribution in [0.5, 0.6) is 0 Å². The Kier molecular flexibility index (Phi) is 4.26. The first kappa shape index (κ1) is 17.3. The van der Waals surface area contributed by atoms with Gasteiger partial charge in [-0.3, -0.25) is 0 Å². The van der Waals surface area contributed by atoms with E-state index in [1.807, 2.05) is 6.07 Å². The van der Waals surface area contributed by atoms with E-state index >= 15 is 0 Å². The lowest BCUT2D eigenvalue weighted by Gasteiger charge is -2.07. The number of nitriles is 1. The molecule has 26 heavy (non-hydrogen) atoms. The van der Waals surface area contributed by atoms with Crippen LogP contribution in [0.3, 0.4) is 0 Å². The number of halogens is 3. The predicted molar refractivity (Wildman–Crippen MR) is 85.9 cm³/mol. The van der Waals surface area contributed by atoms with Crippen molar-refractivity contribution in [3.63, 3.8) is 0 Å². The van der Waals surface area contributed by atoms with E-state index in [9.17, 15) is 22.8 Å². The second kappa shape index (κ2) is 6.40. The van der Waals surface area contributed by atoms with Gasteiger partial charge in [-0.05, 0) is 35.9 Å². The minimum Gasteiger partial charge on any atom is -0.246 e. The van der Waals surface area contributed by atoms with Crippen molar-refractivity contribution in [3.05, 3.63) is 86.2 Å². The zero-order chi connectivity index (χ0) is 18.9. The Hall–Kier alpha value is -3.54. The summed E-state index contributed by atoms with van der Waals surface area (Å²) in [5, 5.41) is 11.3. The molecule has 1 N–H and O–H groups in total. The summed E-state index contributed by atoms with van der Waals surface area (Å²) in [5.74, 6) is 0. The van der Waals surface area contributed by atoms with Crippen molar-refractivity contribution >= 4 is 0 Å². The maximum Gasteiger partial charge on any atom is 0.416 e. The Balaban J connectivity index is 1.95. The normalized spacial score (nSPS) is 11.3. The molecule has 0 aliphatic carbocycles. The number of aromatic nitrogens is 3. The average Bonchev–Trinajstić information content (AvgIpc) is 2.90. The van der Waals surface area contributed by atoms with E-state index in [0.29, 0.717) is 16.8 Å². The monoisotopic (exact) mass is 360 g/mol. The molecule has 0 amide bonds. The fourth-order valence-electron chi connectivity index (χ4n) is 2.42. The maximum absolute atomic E-state index is 12.6. The molecule has 0 saturated heterocycles. The van der Waals surface area contributed by atoms with Crippen LogP contribution in [0, 0.1) is 11.3 Å². The van der Waals surface area contributed by atoms with Gasteiger partial charge in [-0.25, -0.2) is 23.9 Å². The zero-order valence-corrected chi connectivity index (χ0v) is 13.1. The summed E-state index contributed by atoms with van der Waals surface area (Å²) in [6.07, 6.45) is -4.46. The van der Waals surface area contributed by atoms with Crippen LogP contribution in [0.2, 0.25) is 0 Å². The lowest BCUT2D eigenvalue weighted by atomic mass is 10.1. The molecule has 1 heterocycles. The van der Waals surface area contributed by atoms with Gasteiger partial charge in [-0.15, -0.1) is 0 Å².